The van der Waals surface area contributed by atoms with Crippen LogP contribution in [0.15, 0.2) is 4.99 Å². The minimum atomic E-state index is 0.386. The molecule has 2 fully saturated rings. The van der Waals surface area contributed by atoms with E-state index in [1.54, 1.807) is 0 Å². The van der Waals surface area contributed by atoms with Crippen molar-refractivity contribution in [2.75, 3.05) is 32.8 Å². The third-order valence-electron chi connectivity index (χ3n) is 4.82. The van der Waals surface area contributed by atoms with Gasteiger partial charge in [0.2, 0.25) is 0 Å². The van der Waals surface area contributed by atoms with Gasteiger partial charge in [0.1, 0.15) is 0 Å². The zero-order valence-electron chi connectivity index (χ0n) is 13.9. The van der Waals surface area contributed by atoms with Crippen molar-refractivity contribution in [3.8, 4) is 0 Å². The molecule has 0 aromatic carbocycles. The van der Waals surface area contributed by atoms with Gasteiger partial charge in [0.15, 0.2) is 5.96 Å². The Morgan fingerprint density at radius 2 is 1.95 bits per heavy atom. The highest BCUT2D eigenvalue weighted by Crippen LogP contribution is 2.41. The first-order valence-corrected chi connectivity index (χ1v) is 8.88. The molecule has 0 aliphatic heterocycles. The van der Waals surface area contributed by atoms with Gasteiger partial charge in [-0.15, -0.1) is 0 Å². The van der Waals surface area contributed by atoms with Crippen molar-refractivity contribution in [2.45, 2.75) is 58.8 Å². The topological polar surface area (TPSA) is 45.7 Å². The molecule has 0 amide bonds. The number of nitrogens with one attached hydrogen (secondary N) is 2. The average Bonchev–Trinajstić information content (AvgIpc) is 3.21. The fourth-order valence-corrected chi connectivity index (χ4v) is 3.20. The number of guanidine groups is 1. The predicted octanol–water partition coefficient (Wildman–Crippen LogP) is 2.94. The third-order valence-corrected chi connectivity index (χ3v) is 4.82. The second-order valence-electron chi connectivity index (χ2n) is 6.67. The first-order chi connectivity index (χ1) is 10.3. The van der Waals surface area contributed by atoms with E-state index in [2.05, 4.69) is 24.5 Å². The molecule has 0 aromatic heterocycles. The van der Waals surface area contributed by atoms with Crippen molar-refractivity contribution >= 4 is 5.96 Å². The maximum Gasteiger partial charge on any atom is 0.191 e. The van der Waals surface area contributed by atoms with Crippen LogP contribution in [0.25, 0.3) is 0 Å². The molecule has 0 bridgehead atoms. The second kappa shape index (κ2) is 8.62. The van der Waals surface area contributed by atoms with Crippen LogP contribution in [-0.4, -0.2) is 38.8 Å². The minimum absolute atomic E-state index is 0.386. The lowest BCUT2D eigenvalue weighted by Crippen LogP contribution is -2.39. The molecule has 0 aromatic rings. The van der Waals surface area contributed by atoms with Gasteiger partial charge in [-0.1, -0.05) is 12.8 Å². The Morgan fingerprint density at radius 1 is 1.19 bits per heavy atom. The summed E-state index contributed by atoms with van der Waals surface area (Å²) in [4.78, 5) is 4.88. The smallest absolute Gasteiger partial charge is 0.191 e. The lowest BCUT2D eigenvalue weighted by Gasteiger charge is -2.27. The van der Waals surface area contributed by atoms with Crippen molar-refractivity contribution in [3.05, 3.63) is 0 Å². The maximum atomic E-state index is 5.58. The largest absolute Gasteiger partial charge is 0.382 e. The summed E-state index contributed by atoms with van der Waals surface area (Å²) in [7, 11) is 0. The zero-order chi connectivity index (χ0) is 15.0. The van der Waals surface area contributed by atoms with E-state index in [1.165, 1.54) is 38.5 Å². The number of nitrogens with zero attached hydrogens (tertiary/aromatic N) is 1. The van der Waals surface area contributed by atoms with E-state index in [4.69, 9.17) is 9.73 Å². The van der Waals surface area contributed by atoms with Crippen molar-refractivity contribution in [2.24, 2.45) is 16.3 Å². The molecule has 0 heterocycles. The molecule has 4 nitrogen and oxygen atoms in total. The molecule has 2 aliphatic carbocycles. The normalized spacial score (nSPS) is 21.5. The molecule has 0 unspecified atom stereocenters. The molecule has 2 rings (SSSR count). The first-order valence-electron chi connectivity index (χ1n) is 8.88. The van der Waals surface area contributed by atoms with E-state index in [9.17, 15) is 0 Å². The molecule has 0 radical (unpaired) electrons. The van der Waals surface area contributed by atoms with Crippen LogP contribution in [0.4, 0.5) is 0 Å². The Kier molecular flexibility index (Phi) is 6.81. The number of ether oxygens (including phenoxy) is 1. The Hall–Kier alpha value is -0.770. The molecule has 2 N–H and O–H groups in total. The van der Waals surface area contributed by atoms with Gasteiger partial charge in [-0.25, -0.2) is 0 Å². The van der Waals surface area contributed by atoms with Crippen LogP contribution in [-0.2, 0) is 4.74 Å². The van der Waals surface area contributed by atoms with Gasteiger partial charge in [0, 0.05) is 32.8 Å². The van der Waals surface area contributed by atoms with Crippen molar-refractivity contribution in [1.29, 1.82) is 0 Å². The third kappa shape index (κ3) is 5.85. The van der Waals surface area contributed by atoms with E-state index in [1.807, 2.05) is 0 Å². The first kappa shape index (κ1) is 16.6. The van der Waals surface area contributed by atoms with Crippen LogP contribution >= 0.6 is 0 Å². The van der Waals surface area contributed by atoms with Crippen molar-refractivity contribution in [3.63, 3.8) is 0 Å². The van der Waals surface area contributed by atoms with Gasteiger partial charge >= 0.3 is 0 Å². The highest BCUT2D eigenvalue weighted by molar-refractivity contribution is 5.79. The van der Waals surface area contributed by atoms with E-state index in [0.29, 0.717) is 5.41 Å². The lowest BCUT2D eigenvalue weighted by atomic mass is 9.83. The van der Waals surface area contributed by atoms with Crippen LogP contribution in [0.5, 0.6) is 0 Å². The highest BCUT2D eigenvalue weighted by atomic mass is 16.5. The van der Waals surface area contributed by atoms with Gasteiger partial charge < -0.3 is 15.4 Å². The number of hydrogen-bond donors (Lipinski definition) is 2. The average molecular weight is 295 g/mol. The number of aliphatic imine (C=N–C) groups is 1. The summed E-state index contributed by atoms with van der Waals surface area (Å²) in [6.45, 7) is 8.88. The molecule has 0 saturated heterocycles. The van der Waals surface area contributed by atoms with Crippen LogP contribution in [0.1, 0.15) is 58.8 Å². The van der Waals surface area contributed by atoms with Gasteiger partial charge in [-0.3, -0.25) is 4.99 Å². The van der Waals surface area contributed by atoms with Crippen LogP contribution < -0.4 is 10.6 Å². The minimum Gasteiger partial charge on any atom is -0.382 e. The monoisotopic (exact) mass is 295 g/mol. The molecular formula is C17H33N3O. The van der Waals surface area contributed by atoms with E-state index < -0.39 is 0 Å². The summed E-state index contributed by atoms with van der Waals surface area (Å²) in [5.74, 6) is 1.89. The van der Waals surface area contributed by atoms with Gasteiger partial charge in [-0.2, -0.15) is 0 Å². The molecule has 0 atom stereocenters. The fourth-order valence-electron chi connectivity index (χ4n) is 3.20. The van der Waals surface area contributed by atoms with E-state index in [0.717, 1.165) is 51.1 Å². The molecule has 2 saturated carbocycles. The van der Waals surface area contributed by atoms with E-state index >= 15 is 0 Å². The Balaban J connectivity index is 1.84. The summed E-state index contributed by atoms with van der Waals surface area (Å²) in [6, 6.07) is 0. The van der Waals surface area contributed by atoms with Crippen LogP contribution in [0.3, 0.4) is 0 Å². The van der Waals surface area contributed by atoms with Gasteiger partial charge in [-0.05, 0) is 57.3 Å². The molecular weight excluding hydrogens is 262 g/mol. The van der Waals surface area contributed by atoms with Gasteiger partial charge in [0.25, 0.3) is 0 Å². The van der Waals surface area contributed by atoms with Crippen molar-refractivity contribution in [1.82, 2.24) is 10.6 Å². The van der Waals surface area contributed by atoms with Crippen molar-refractivity contribution < 1.29 is 4.74 Å². The predicted molar refractivity (Wildman–Crippen MR) is 88.7 cm³/mol. The molecule has 4 heteroatoms. The summed E-state index contributed by atoms with van der Waals surface area (Å²) in [5.41, 5.74) is 0.386. The SMILES string of the molecule is CCNC(=NCC1(CCOCC)CCCC1)NCC1CC1. The zero-order valence-corrected chi connectivity index (χ0v) is 13.9. The lowest BCUT2D eigenvalue weighted by molar-refractivity contribution is 0.107. The highest BCUT2D eigenvalue weighted by Gasteiger charge is 2.33. The standard InChI is InChI=1S/C17H33N3O/c1-3-18-16(19-13-15-7-8-15)20-14-17(9-5-6-10-17)11-12-21-4-2/h15H,3-14H2,1-2H3,(H2,18,19,20). The number of hydrogen-bond acceptors (Lipinski definition) is 2. The number of rotatable bonds is 9. The summed E-state index contributed by atoms with van der Waals surface area (Å²) in [6.07, 6.45) is 9.25. The quantitative estimate of drug-likeness (QED) is 0.390. The summed E-state index contributed by atoms with van der Waals surface area (Å²) >= 11 is 0. The molecule has 21 heavy (non-hydrogen) atoms. The fraction of sp³-hybridized carbons (Fsp3) is 0.941. The summed E-state index contributed by atoms with van der Waals surface area (Å²) in [5, 5.41) is 6.88. The Morgan fingerprint density at radius 3 is 2.57 bits per heavy atom. The molecule has 2 aliphatic rings. The van der Waals surface area contributed by atoms with E-state index in [-0.39, 0.29) is 0 Å². The Bertz CT molecular complexity index is 320. The second-order valence-corrected chi connectivity index (χ2v) is 6.67. The Labute approximate surface area is 130 Å². The summed E-state index contributed by atoms with van der Waals surface area (Å²) < 4.78 is 5.58. The van der Waals surface area contributed by atoms with Crippen LogP contribution in [0.2, 0.25) is 0 Å². The molecule has 122 valence electrons. The maximum absolute atomic E-state index is 5.58. The van der Waals surface area contributed by atoms with Gasteiger partial charge in [0.05, 0.1) is 0 Å². The van der Waals surface area contributed by atoms with Crippen LogP contribution in [0, 0.1) is 11.3 Å². The molecule has 0 spiro atoms.